The third kappa shape index (κ3) is 48.6. The SMILES string of the molecule is CC/C=C\C/C=C\C/C=C\C/C=C\C/C=C\CCCCCCCCCCCC(=O)NC(CO)C(O)/C=C/CC/C=C/CCCCCCCCCCCCCCCCCCCCC. The summed E-state index contributed by atoms with van der Waals surface area (Å²) in [5, 5.41) is 23.1. The van der Waals surface area contributed by atoms with E-state index in [4.69, 9.17) is 0 Å². The molecule has 0 aromatic rings. The number of allylic oxidation sites excluding steroid dienone is 13. The van der Waals surface area contributed by atoms with Crippen molar-refractivity contribution in [3.05, 3.63) is 85.1 Å². The number of nitrogens with one attached hydrogen (secondary N) is 1. The zero-order valence-electron chi connectivity index (χ0n) is 41.1. The molecule has 0 saturated heterocycles. The standard InChI is InChI=1S/C58H103NO3/c1-3-5-7-9-11-13-15-17-19-21-23-25-27-29-31-33-35-37-39-41-43-45-47-49-51-53-57(61)56(55-60)59-58(62)54-52-50-48-46-44-42-40-38-36-34-32-30-28-26-24-22-20-18-16-14-12-10-8-6-4-2/h6,8,12,14,18,20,24,26,30,32,43,45,51,53,56-57,60-61H,3-5,7,9-11,13,15-17,19,21-23,25,27-29,31,33-42,44,46-50,52,54-55H2,1-2H3,(H,59,62)/b8-6-,14-12-,20-18-,26-24-,32-30-,45-43+,53-51+. The van der Waals surface area contributed by atoms with Crippen LogP contribution >= 0.6 is 0 Å². The molecule has 0 fully saturated rings. The molecule has 2 unspecified atom stereocenters. The molecule has 4 heteroatoms. The van der Waals surface area contributed by atoms with E-state index in [0.29, 0.717) is 6.42 Å². The summed E-state index contributed by atoms with van der Waals surface area (Å²) in [6.45, 7) is 4.19. The second-order valence-electron chi connectivity index (χ2n) is 17.9. The molecule has 358 valence electrons. The van der Waals surface area contributed by atoms with Crippen molar-refractivity contribution in [3.63, 3.8) is 0 Å². The highest BCUT2D eigenvalue weighted by Gasteiger charge is 2.17. The van der Waals surface area contributed by atoms with Crippen LogP contribution in [-0.2, 0) is 4.79 Å². The van der Waals surface area contributed by atoms with Crippen LogP contribution < -0.4 is 5.32 Å². The molecule has 0 spiro atoms. The Labute approximate surface area is 386 Å². The summed E-state index contributed by atoms with van der Waals surface area (Å²) in [6.07, 6.45) is 77.3. The third-order valence-corrected chi connectivity index (χ3v) is 11.9. The Hall–Kier alpha value is -2.43. The minimum absolute atomic E-state index is 0.0817. The topological polar surface area (TPSA) is 69.6 Å². The lowest BCUT2D eigenvalue weighted by Crippen LogP contribution is -2.45. The van der Waals surface area contributed by atoms with Gasteiger partial charge in [-0.2, -0.15) is 0 Å². The summed E-state index contributed by atoms with van der Waals surface area (Å²) < 4.78 is 0. The average Bonchev–Trinajstić information content (AvgIpc) is 3.28. The first kappa shape index (κ1) is 59.6. The predicted molar refractivity (Wildman–Crippen MR) is 276 cm³/mol. The maximum atomic E-state index is 12.5. The fourth-order valence-corrected chi connectivity index (χ4v) is 7.81. The lowest BCUT2D eigenvalue weighted by atomic mass is 10.0. The summed E-state index contributed by atoms with van der Waals surface area (Å²) >= 11 is 0. The zero-order chi connectivity index (χ0) is 44.9. The highest BCUT2D eigenvalue weighted by molar-refractivity contribution is 5.76. The highest BCUT2D eigenvalue weighted by Crippen LogP contribution is 2.16. The Morgan fingerprint density at radius 1 is 0.403 bits per heavy atom. The van der Waals surface area contributed by atoms with Crippen LogP contribution in [0.2, 0.25) is 0 Å². The van der Waals surface area contributed by atoms with Crippen LogP contribution in [0.25, 0.3) is 0 Å². The van der Waals surface area contributed by atoms with Gasteiger partial charge < -0.3 is 15.5 Å². The normalized spacial score (nSPS) is 13.5. The van der Waals surface area contributed by atoms with Gasteiger partial charge in [-0.05, 0) is 77.0 Å². The van der Waals surface area contributed by atoms with Crippen molar-refractivity contribution in [1.82, 2.24) is 5.32 Å². The average molecular weight is 862 g/mol. The molecule has 3 N–H and O–H groups in total. The first-order chi connectivity index (χ1) is 30.7. The molecule has 0 rings (SSSR count). The number of unbranched alkanes of at least 4 members (excludes halogenated alkanes) is 29. The minimum Gasteiger partial charge on any atom is -0.394 e. The Morgan fingerprint density at radius 2 is 0.726 bits per heavy atom. The van der Waals surface area contributed by atoms with Crippen molar-refractivity contribution in [2.24, 2.45) is 0 Å². The number of aliphatic hydroxyl groups is 2. The second kappa shape index (κ2) is 52.9. The molecule has 1 amide bonds. The number of carbonyl (C=O) groups is 1. The minimum atomic E-state index is -0.871. The maximum absolute atomic E-state index is 12.5. The van der Waals surface area contributed by atoms with Gasteiger partial charge in [0, 0.05) is 6.42 Å². The molecule has 0 aromatic carbocycles. The van der Waals surface area contributed by atoms with Crippen molar-refractivity contribution < 1.29 is 15.0 Å². The molecule has 0 aliphatic rings. The molecule has 0 bridgehead atoms. The van der Waals surface area contributed by atoms with Gasteiger partial charge >= 0.3 is 0 Å². The van der Waals surface area contributed by atoms with Gasteiger partial charge in [0.1, 0.15) is 0 Å². The lowest BCUT2D eigenvalue weighted by Gasteiger charge is -2.19. The van der Waals surface area contributed by atoms with E-state index < -0.39 is 12.1 Å². The monoisotopic (exact) mass is 862 g/mol. The van der Waals surface area contributed by atoms with Crippen LogP contribution in [0.15, 0.2) is 85.1 Å². The second-order valence-corrected chi connectivity index (χ2v) is 17.9. The van der Waals surface area contributed by atoms with Crippen LogP contribution in [0.4, 0.5) is 0 Å². The molecule has 0 aliphatic carbocycles. The van der Waals surface area contributed by atoms with Crippen LogP contribution in [-0.4, -0.2) is 34.9 Å². The summed E-state index contributed by atoms with van der Waals surface area (Å²) in [5.41, 5.74) is 0. The fraction of sp³-hybridized carbons (Fsp3) is 0.741. The molecular formula is C58H103NO3. The van der Waals surface area contributed by atoms with E-state index in [-0.39, 0.29) is 12.5 Å². The highest BCUT2D eigenvalue weighted by atomic mass is 16.3. The van der Waals surface area contributed by atoms with Crippen molar-refractivity contribution in [1.29, 1.82) is 0 Å². The lowest BCUT2D eigenvalue weighted by molar-refractivity contribution is -0.123. The van der Waals surface area contributed by atoms with Crippen molar-refractivity contribution >= 4 is 5.91 Å². The van der Waals surface area contributed by atoms with E-state index in [1.807, 2.05) is 6.08 Å². The Morgan fingerprint density at radius 3 is 1.13 bits per heavy atom. The van der Waals surface area contributed by atoms with Crippen molar-refractivity contribution in [2.45, 2.75) is 270 Å². The quantitative estimate of drug-likeness (QED) is 0.0422. The molecule has 0 radical (unpaired) electrons. The third-order valence-electron chi connectivity index (χ3n) is 11.9. The summed E-state index contributed by atoms with van der Waals surface area (Å²) in [4.78, 5) is 12.5. The number of hydrogen-bond acceptors (Lipinski definition) is 3. The number of amides is 1. The molecule has 0 aliphatic heterocycles. The molecule has 62 heavy (non-hydrogen) atoms. The number of hydrogen-bond donors (Lipinski definition) is 3. The van der Waals surface area contributed by atoms with E-state index in [1.54, 1.807) is 6.08 Å². The van der Waals surface area contributed by atoms with Gasteiger partial charge in [0.25, 0.3) is 0 Å². The smallest absolute Gasteiger partial charge is 0.220 e. The molecule has 0 saturated carbocycles. The Balaban J connectivity index is 3.59. The number of rotatable bonds is 48. The van der Waals surface area contributed by atoms with E-state index in [2.05, 4.69) is 92.1 Å². The number of carbonyl (C=O) groups excluding carboxylic acids is 1. The van der Waals surface area contributed by atoms with Crippen molar-refractivity contribution in [2.75, 3.05) is 6.61 Å². The maximum Gasteiger partial charge on any atom is 0.220 e. The Bertz CT molecular complexity index is 1110. The fourth-order valence-electron chi connectivity index (χ4n) is 7.81. The number of aliphatic hydroxyl groups excluding tert-OH is 2. The van der Waals surface area contributed by atoms with Crippen LogP contribution in [0.3, 0.4) is 0 Å². The van der Waals surface area contributed by atoms with Gasteiger partial charge in [0.15, 0.2) is 0 Å². The van der Waals surface area contributed by atoms with Crippen molar-refractivity contribution in [3.8, 4) is 0 Å². The van der Waals surface area contributed by atoms with Gasteiger partial charge in [-0.25, -0.2) is 0 Å². The summed E-state index contributed by atoms with van der Waals surface area (Å²) in [5.74, 6) is -0.0817. The van der Waals surface area contributed by atoms with Gasteiger partial charge in [-0.1, -0.05) is 259 Å². The van der Waals surface area contributed by atoms with E-state index in [0.717, 1.165) is 70.6 Å². The van der Waals surface area contributed by atoms with E-state index in [1.165, 1.54) is 167 Å². The Kier molecular flexibility index (Phi) is 50.8. The summed E-state index contributed by atoms with van der Waals surface area (Å²) in [7, 11) is 0. The molecular weight excluding hydrogens is 759 g/mol. The van der Waals surface area contributed by atoms with Crippen LogP contribution in [0, 0.1) is 0 Å². The summed E-state index contributed by atoms with van der Waals surface area (Å²) in [6, 6.07) is -0.648. The largest absolute Gasteiger partial charge is 0.394 e. The first-order valence-corrected chi connectivity index (χ1v) is 26.8. The predicted octanol–water partition coefficient (Wildman–Crippen LogP) is 17.6. The van der Waals surface area contributed by atoms with E-state index >= 15 is 0 Å². The molecule has 4 nitrogen and oxygen atoms in total. The van der Waals surface area contributed by atoms with E-state index in [9.17, 15) is 15.0 Å². The zero-order valence-corrected chi connectivity index (χ0v) is 41.1. The van der Waals surface area contributed by atoms with Gasteiger partial charge in [-0.3, -0.25) is 4.79 Å². The van der Waals surface area contributed by atoms with Crippen LogP contribution in [0.5, 0.6) is 0 Å². The molecule has 0 aromatic heterocycles. The van der Waals surface area contributed by atoms with Gasteiger partial charge in [0.05, 0.1) is 18.8 Å². The molecule has 0 heterocycles. The first-order valence-electron chi connectivity index (χ1n) is 26.8. The molecule has 2 atom stereocenters. The van der Waals surface area contributed by atoms with Gasteiger partial charge in [-0.15, -0.1) is 0 Å². The van der Waals surface area contributed by atoms with Crippen LogP contribution in [0.1, 0.15) is 258 Å². The van der Waals surface area contributed by atoms with Gasteiger partial charge in [0.2, 0.25) is 5.91 Å².